The van der Waals surface area contributed by atoms with Crippen molar-refractivity contribution >= 4 is 23.2 Å². The average Bonchev–Trinajstić information content (AvgIpc) is 3.10. The van der Waals surface area contributed by atoms with Crippen molar-refractivity contribution in [2.45, 2.75) is 33.6 Å². The van der Waals surface area contributed by atoms with Gasteiger partial charge in [-0.15, -0.1) is 0 Å². The van der Waals surface area contributed by atoms with Gasteiger partial charge in [-0.1, -0.05) is 6.07 Å². The summed E-state index contributed by atoms with van der Waals surface area (Å²) in [5.74, 6) is 1.04. The van der Waals surface area contributed by atoms with E-state index in [0.717, 1.165) is 17.7 Å². The van der Waals surface area contributed by atoms with Gasteiger partial charge in [0, 0.05) is 29.9 Å². The standard InChI is InChI=1S/C22H26N2O4/c1-4-27-19-11-9-16(13-20(19)28-5-2)22(26)23-17-10-8-15(3)18(14-17)24-12-6-7-21(24)25/h8-11,13-14H,4-7,12H2,1-3H3,(H,23,26). The van der Waals surface area contributed by atoms with E-state index in [2.05, 4.69) is 5.32 Å². The molecule has 0 saturated carbocycles. The molecule has 1 fully saturated rings. The fourth-order valence-corrected chi connectivity index (χ4v) is 3.28. The van der Waals surface area contributed by atoms with Gasteiger partial charge in [-0.25, -0.2) is 0 Å². The Bertz CT molecular complexity index is 879. The highest BCUT2D eigenvalue weighted by Crippen LogP contribution is 2.30. The maximum atomic E-state index is 12.7. The van der Waals surface area contributed by atoms with E-state index in [4.69, 9.17) is 9.47 Å². The lowest BCUT2D eigenvalue weighted by Crippen LogP contribution is -2.24. The summed E-state index contributed by atoms with van der Waals surface area (Å²) < 4.78 is 11.1. The van der Waals surface area contributed by atoms with Crippen LogP contribution in [0.3, 0.4) is 0 Å². The maximum absolute atomic E-state index is 12.7. The minimum absolute atomic E-state index is 0.124. The Labute approximate surface area is 165 Å². The number of hydrogen-bond donors (Lipinski definition) is 1. The van der Waals surface area contributed by atoms with Crippen molar-refractivity contribution in [2.24, 2.45) is 0 Å². The van der Waals surface area contributed by atoms with Crippen LogP contribution in [0, 0.1) is 6.92 Å². The molecule has 148 valence electrons. The van der Waals surface area contributed by atoms with Gasteiger partial charge in [-0.2, -0.15) is 0 Å². The van der Waals surface area contributed by atoms with Crippen LogP contribution in [-0.4, -0.2) is 31.6 Å². The fraction of sp³-hybridized carbons (Fsp3) is 0.364. The monoisotopic (exact) mass is 382 g/mol. The molecule has 2 aromatic rings. The largest absolute Gasteiger partial charge is 0.490 e. The van der Waals surface area contributed by atoms with Gasteiger partial charge >= 0.3 is 0 Å². The van der Waals surface area contributed by atoms with Gasteiger partial charge in [0.1, 0.15) is 0 Å². The molecule has 2 amide bonds. The summed E-state index contributed by atoms with van der Waals surface area (Å²) in [5.41, 5.74) is 2.98. The van der Waals surface area contributed by atoms with Gasteiger partial charge in [0.2, 0.25) is 5.91 Å². The Balaban J connectivity index is 1.81. The Morgan fingerprint density at radius 3 is 2.50 bits per heavy atom. The lowest BCUT2D eigenvalue weighted by atomic mass is 10.1. The minimum atomic E-state index is -0.244. The molecule has 1 aliphatic heterocycles. The molecule has 3 rings (SSSR count). The number of carbonyl (C=O) groups excluding carboxylic acids is 2. The van der Waals surface area contributed by atoms with Crippen LogP contribution in [0.2, 0.25) is 0 Å². The van der Waals surface area contributed by atoms with E-state index in [-0.39, 0.29) is 11.8 Å². The van der Waals surface area contributed by atoms with E-state index in [0.29, 0.717) is 48.9 Å². The van der Waals surface area contributed by atoms with Crippen LogP contribution in [0.5, 0.6) is 11.5 Å². The highest BCUT2D eigenvalue weighted by molar-refractivity contribution is 6.05. The molecular weight excluding hydrogens is 356 g/mol. The number of ether oxygens (including phenoxy) is 2. The minimum Gasteiger partial charge on any atom is -0.490 e. The summed E-state index contributed by atoms with van der Waals surface area (Å²) in [6.45, 7) is 7.47. The van der Waals surface area contributed by atoms with Crippen LogP contribution < -0.4 is 19.7 Å². The number of carbonyl (C=O) groups is 2. The number of hydrogen-bond acceptors (Lipinski definition) is 4. The van der Waals surface area contributed by atoms with E-state index in [1.165, 1.54) is 0 Å². The highest BCUT2D eigenvalue weighted by Gasteiger charge is 2.23. The van der Waals surface area contributed by atoms with Crippen molar-refractivity contribution in [3.05, 3.63) is 47.5 Å². The van der Waals surface area contributed by atoms with Gasteiger partial charge in [0.15, 0.2) is 11.5 Å². The molecule has 0 aromatic heterocycles. The first-order valence-electron chi connectivity index (χ1n) is 9.65. The van der Waals surface area contributed by atoms with Crippen LogP contribution in [0.25, 0.3) is 0 Å². The van der Waals surface area contributed by atoms with Gasteiger partial charge in [0.05, 0.1) is 13.2 Å². The number of anilines is 2. The molecule has 1 aliphatic rings. The van der Waals surface area contributed by atoms with E-state index in [1.54, 1.807) is 23.1 Å². The summed E-state index contributed by atoms with van der Waals surface area (Å²) in [6.07, 6.45) is 1.43. The van der Waals surface area contributed by atoms with Gasteiger partial charge in [-0.3, -0.25) is 9.59 Å². The summed E-state index contributed by atoms with van der Waals surface area (Å²) in [7, 11) is 0. The predicted octanol–water partition coefficient (Wildman–Crippen LogP) is 4.17. The molecule has 1 N–H and O–H groups in total. The van der Waals surface area contributed by atoms with Crippen LogP contribution in [-0.2, 0) is 4.79 Å². The molecule has 28 heavy (non-hydrogen) atoms. The first-order valence-corrected chi connectivity index (χ1v) is 9.65. The molecule has 0 unspecified atom stereocenters. The Hall–Kier alpha value is -3.02. The second-order valence-electron chi connectivity index (χ2n) is 6.63. The zero-order valence-corrected chi connectivity index (χ0v) is 16.6. The molecule has 0 aliphatic carbocycles. The third-order valence-corrected chi connectivity index (χ3v) is 4.64. The molecule has 2 aromatic carbocycles. The molecule has 0 radical (unpaired) electrons. The SMILES string of the molecule is CCOc1ccc(C(=O)Nc2ccc(C)c(N3CCCC3=O)c2)cc1OCC. The number of rotatable bonds is 7. The van der Waals surface area contributed by atoms with Crippen LogP contribution in [0.4, 0.5) is 11.4 Å². The second-order valence-corrected chi connectivity index (χ2v) is 6.63. The van der Waals surface area contributed by atoms with E-state index >= 15 is 0 Å². The summed E-state index contributed by atoms with van der Waals surface area (Å²) >= 11 is 0. The fourth-order valence-electron chi connectivity index (χ4n) is 3.28. The van der Waals surface area contributed by atoms with E-state index in [1.807, 2.05) is 39.0 Å². The zero-order chi connectivity index (χ0) is 20.1. The third-order valence-electron chi connectivity index (χ3n) is 4.64. The maximum Gasteiger partial charge on any atom is 0.255 e. The number of nitrogens with one attached hydrogen (secondary N) is 1. The van der Waals surface area contributed by atoms with Crippen molar-refractivity contribution in [3.63, 3.8) is 0 Å². The highest BCUT2D eigenvalue weighted by atomic mass is 16.5. The van der Waals surface area contributed by atoms with Crippen molar-refractivity contribution in [1.82, 2.24) is 0 Å². The van der Waals surface area contributed by atoms with Crippen molar-refractivity contribution in [1.29, 1.82) is 0 Å². The lowest BCUT2D eigenvalue weighted by Gasteiger charge is -2.19. The van der Waals surface area contributed by atoms with Crippen LogP contribution >= 0.6 is 0 Å². The van der Waals surface area contributed by atoms with Crippen molar-refractivity contribution in [3.8, 4) is 11.5 Å². The molecule has 1 heterocycles. The average molecular weight is 382 g/mol. The number of amides is 2. The lowest BCUT2D eigenvalue weighted by molar-refractivity contribution is -0.117. The molecule has 6 heteroatoms. The molecular formula is C22H26N2O4. The predicted molar refractivity (Wildman–Crippen MR) is 109 cm³/mol. The molecule has 6 nitrogen and oxygen atoms in total. The Kier molecular flexibility index (Phi) is 6.19. The summed E-state index contributed by atoms with van der Waals surface area (Å²) in [6, 6.07) is 10.8. The van der Waals surface area contributed by atoms with Gasteiger partial charge < -0.3 is 19.7 Å². The smallest absolute Gasteiger partial charge is 0.255 e. The summed E-state index contributed by atoms with van der Waals surface area (Å²) in [5, 5.41) is 2.91. The van der Waals surface area contributed by atoms with Crippen molar-refractivity contribution < 1.29 is 19.1 Å². The molecule has 0 atom stereocenters. The quantitative estimate of drug-likeness (QED) is 0.780. The Morgan fingerprint density at radius 2 is 1.82 bits per heavy atom. The third kappa shape index (κ3) is 4.27. The zero-order valence-electron chi connectivity index (χ0n) is 16.6. The van der Waals surface area contributed by atoms with Crippen LogP contribution in [0.15, 0.2) is 36.4 Å². The van der Waals surface area contributed by atoms with E-state index < -0.39 is 0 Å². The molecule has 1 saturated heterocycles. The topological polar surface area (TPSA) is 67.9 Å². The Morgan fingerprint density at radius 1 is 1.07 bits per heavy atom. The molecule has 0 bridgehead atoms. The van der Waals surface area contributed by atoms with Crippen molar-refractivity contribution in [2.75, 3.05) is 30.0 Å². The van der Waals surface area contributed by atoms with Crippen LogP contribution in [0.1, 0.15) is 42.6 Å². The summed E-state index contributed by atoms with van der Waals surface area (Å²) in [4.78, 5) is 26.6. The molecule has 0 spiro atoms. The normalized spacial score (nSPS) is 13.5. The first-order chi connectivity index (χ1) is 13.5. The number of benzene rings is 2. The van der Waals surface area contributed by atoms with Gasteiger partial charge in [0.25, 0.3) is 5.91 Å². The van der Waals surface area contributed by atoms with E-state index in [9.17, 15) is 9.59 Å². The number of nitrogens with zero attached hydrogens (tertiary/aromatic N) is 1. The first kappa shape index (κ1) is 19.7. The van der Waals surface area contributed by atoms with Gasteiger partial charge in [-0.05, 0) is 63.1 Å². The second kappa shape index (κ2) is 8.78. The number of aryl methyl sites for hydroxylation is 1.